The lowest BCUT2D eigenvalue weighted by atomic mass is 9.69. The van der Waals surface area contributed by atoms with Gasteiger partial charge in [0.25, 0.3) is 0 Å². The number of hydrogen-bond donors (Lipinski definition) is 4. The molecule has 356 valence electrons. The van der Waals surface area contributed by atoms with E-state index in [1.165, 1.54) is 132 Å². The third-order valence-electron chi connectivity index (χ3n) is 17.7. The third kappa shape index (κ3) is 5.45. The number of benzene rings is 12. The highest BCUT2D eigenvalue weighted by Crippen LogP contribution is 2.65. The molecule has 16 aromatic rings. The van der Waals surface area contributed by atoms with Crippen molar-refractivity contribution >= 4 is 87.2 Å². The molecule has 1 spiro atoms. The first-order chi connectivity index (χ1) is 38.2. The van der Waals surface area contributed by atoms with E-state index in [9.17, 15) is 0 Å². The predicted octanol–water partition coefficient (Wildman–Crippen LogP) is 19.2. The van der Waals surface area contributed by atoms with Crippen LogP contribution in [0.25, 0.3) is 154 Å². The Kier molecular flexibility index (Phi) is 8.03. The summed E-state index contributed by atoms with van der Waals surface area (Å²) in [6.07, 6.45) is 0. The van der Waals surface area contributed by atoms with Gasteiger partial charge in [-0.2, -0.15) is 0 Å². The van der Waals surface area contributed by atoms with Gasteiger partial charge in [-0.15, -0.1) is 0 Å². The van der Waals surface area contributed by atoms with Crippen LogP contribution in [0.5, 0.6) is 0 Å². The summed E-state index contributed by atoms with van der Waals surface area (Å²) in [4.78, 5) is 15.5. The molecule has 0 amide bonds. The highest BCUT2D eigenvalue weighted by Gasteiger charge is 2.52. The van der Waals surface area contributed by atoms with Gasteiger partial charge in [-0.1, -0.05) is 194 Å². The number of H-pyrrole nitrogens is 4. The molecule has 0 aliphatic heterocycles. The van der Waals surface area contributed by atoms with Crippen LogP contribution in [0.2, 0.25) is 0 Å². The molecule has 4 heteroatoms. The van der Waals surface area contributed by atoms with Crippen LogP contribution >= 0.6 is 0 Å². The lowest BCUT2D eigenvalue weighted by Crippen LogP contribution is -2.26. The van der Waals surface area contributed by atoms with Crippen molar-refractivity contribution in [1.82, 2.24) is 19.9 Å². The van der Waals surface area contributed by atoms with Gasteiger partial charge in [0.2, 0.25) is 0 Å². The van der Waals surface area contributed by atoms with Crippen molar-refractivity contribution in [3.63, 3.8) is 0 Å². The molecule has 18 rings (SSSR count). The fourth-order valence-corrected chi connectivity index (χ4v) is 14.4. The van der Waals surface area contributed by atoms with Crippen LogP contribution in [-0.2, 0) is 5.41 Å². The maximum Gasteiger partial charge on any atom is 0.0726 e. The van der Waals surface area contributed by atoms with Crippen molar-refractivity contribution in [3.8, 4) is 66.8 Å². The van der Waals surface area contributed by atoms with E-state index in [4.69, 9.17) is 0 Å². The van der Waals surface area contributed by atoms with Crippen molar-refractivity contribution in [2.45, 2.75) is 5.41 Å². The summed E-state index contributed by atoms with van der Waals surface area (Å²) in [6.45, 7) is 0. The summed E-state index contributed by atoms with van der Waals surface area (Å²) in [5.74, 6) is 0. The molecule has 0 fully saturated rings. The molecule has 0 saturated heterocycles. The molecule has 4 aromatic heterocycles. The fraction of sp³-hybridized carbons (Fsp3) is 0.0137. The van der Waals surface area contributed by atoms with Crippen LogP contribution < -0.4 is 0 Å². The molecule has 12 aromatic carbocycles. The Bertz CT molecular complexity index is 4590. The van der Waals surface area contributed by atoms with Gasteiger partial charge in [0.1, 0.15) is 0 Å². The summed E-state index contributed by atoms with van der Waals surface area (Å²) < 4.78 is 0. The molecule has 4 nitrogen and oxygen atoms in total. The summed E-state index contributed by atoms with van der Waals surface area (Å²) >= 11 is 0. The number of nitrogens with one attached hydrogen (secondary N) is 4. The monoisotopic (exact) mass is 976 g/mol. The molecule has 0 unspecified atom stereocenters. The molecular weight excluding hydrogens is 933 g/mol. The number of para-hydroxylation sites is 8. The number of rotatable bonds is 4. The molecule has 77 heavy (non-hydrogen) atoms. The summed E-state index contributed by atoms with van der Waals surface area (Å²) in [6, 6.07) is 91.1. The van der Waals surface area contributed by atoms with Crippen LogP contribution in [0.4, 0.5) is 0 Å². The van der Waals surface area contributed by atoms with E-state index in [0.717, 1.165) is 44.1 Å². The van der Waals surface area contributed by atoms with Crippen molar-refractivity contribution in [2.75, 3.05) is 0 Å². The zero-order chi connectivity index (χ0) is 50.1. The van der Waals surface area contributed by atoms with E-state index < -0.39 is 5.41 Å². The van der Waals surface area contributed by atoms with E-state index in [1.54, 1.807) is 0 Å². The van der Waals surface area contributed by atoms with Gasteiger partial charge in [0.15, 0.2) is 0 Å². The van der Waals surface area contributed by atoms with E-state index in [2.05, 4.69) is 263 Å². The second-order valence-corrected chi connectivity index (χ2v) is 21.4. The van der Waals surface area contributed by atoms with Crippen molar-refractivity contribution in [2.24, 2.45) is 0 Å². The number of hydrogen-bond acceptors (Lipinski definition) is 0. The first-order valence-electron chi connectivity index (χ1n) is 26.7. The fourth-order valence-electron chi connectivity index (χ4n) is 14.4. The Morgan fingerprint density at radius 3 is 0.688 bits per heavy atom. The van der Waals surface area contributed by atoms with E-state index in [-0.39, 0.29) is 0 Å². The highest BCUT2D eigenvalue weighted by atomic mass is 14.7. The smallest absolute Gasteiger partial charge is 0.0726 e. The molecule has 2 aliphatic carbocycles. The third-order valence-corrected chi connectivity index (χ3v) is 17.7. The topological polar surface area (TPSA) is 63.2 Å². The molecule has 0 atom stereocenters. The standard InChI is InChI=1S/C73H44N4/c1-5-25-65-53(13-1)57-21-9-17-45(69(57)74-65)41-29-33-49-50-34-30-42(46-18-10-22-58-54-14-2-6-26-66(54)75-70(46)58)38-62(50)73(61(49)37-41)63-39-43(47-19-11-23-59-55-15-3-7-27-67(55)76-71(47)59)31-35-51(63)52-36-32-44(40-64(52)73)48-20-12-24-60-56-16-4-8-28-68(56)77-72(48)60/h1-40,74-77H. The van der Waals surface area contributed by atoms with Gasteiger partial charge in [-0.05, 0) is 115 Å². The van der Waals surface area contributed by atoms with E-state index in [1.807, 2.05) is 0 Å². The van der Waals surface area contributed by atoms with Gasteiger partial charge in [-0.25, -0.2) is 0 Å². The Morgan fingerprint density at radius 1 is 0.195 bits per heavy atom. The van der Waals surface area contributed by atoms with Crippen molar-refractivity contribution in [1.29, 1.82) is 0 Å². The first kappa shape index (κ1) is 41.2. The van der Waals surface area contributed by atoms with Gasteiger partial charge in [0.05, 0.1) is 27.5 Å². The zero-order valence-electron chi connectivity index (χ0n) is 41.6. The molecular formula is C73H44N4. The van der Waals surface area contributed by atoms with E-state index >= 15 is 0 Å². The van der Waals surface area contributed by atoms with Gasteiger partial charge in [-0.3, -0.25) is 0 Å². The average Bonchev–Trinajstić information content (AvgIpc) is 4.46. The van der Waals surface area contributed by atoms with Crippen LogP contribution in [-0.4, -0.2) is 19.9 Å². The van der Waals surface area contributed by atoms with Crippen LogP contribution in [0.3, 0.4) is 0 Å². The molecule has 4 heterocycles. The van der Waals surface area contributed by atoms with Crippen LogP contribution in [0.15, 0.2) is 243 Å². The van der Waals surface area contributed by atoms with Gasteiger partial charge < -0.3 is 19.9 Å². The zero-order valence-corrected chi connectivity index (χ0v) is 41.6. The normalized spacial score (nSPS) is 13.3. The Balaban J connectivity index is 0.958. The molecule has 0 saturated carbocycles. The maximum atomic E-state index is 3.86. The minimum absolute atomic E-state index is 0.723. The second-order valence-electron chi connectivity index (χ2n) is 21.4. The highest BCUT2D eigenvalue weighted by molar-refractivity contribution is 6.16. The maximum absolute atomic E-state index is 3.86. The summed E-state index contributed by atoms with van der Waals surface area (Å²) in [5.41, 5.74) is 28.2. The Labute approximate surface area is 441 Å². The number of aromatic amines is 4. The van der Waals surface area contributed by atoms with E-state index in [0.29, 0.717) is 0 Å². The van der Waals surface area contributed by atoms with Crippen LogP contribution in [0.1, 0.15) is 22.3 Å². The SMILES string of the molecule is c1ccc2c(c1)[nH]c1c(-c3ccc4c(c3)C3(c5cc(-c6cccc7c6[nH]c6ccccc67)ccc5-4)c4cc(-c5cccc6c5[nH]c5ccccc56)ccc4-c4ccc(-c5cccc6c5[nH]c5ccccc56)cc43)cccc12. The first-order valence-corrected chi connectivity index (χ1v) is 26.7. The van der Waals surface area contributed by atoms with Crippen molar-refractivity contribution in [3.05, 3.63) is 265 Å². The molecule has 0 radical (unpaired) electrons. The Morgan fingerprint density at radius 2 is 0.429 bits per heavy atom. The quantitative estimate of drug-likeness (QED) is 0.136. The Hall–Kier alpha value is -10.2. The molecule has 4 N–H and O–H groups in total. The minimum Gasteiger partial charge on any atom is -0.354 e. The predicted molar refractivity (Wildman–Crippen MR) is 322 cm³/mol. The summed E-state index contributed by atoms with van der Waals surface area (Å²) in [7, 11) is 0. The molecule has 0 bridgehead atoms. The second kappa shape index (κ2) is 15.0. The lowest BCUT2D eigenvalue weighted by Gasteiger charge is -2.32. The number of fused-ring (bicyclic) bond motifs is 22. The summed E-state index contributed by atoms with van der Waals surface area (Å²) in [5, 5.41) is 9.87. The van der Waals surface area contributed by atoms with Crippen molar-refractivity contribution < 1.29 is 0 Å². The minimum atomic E-state index is -0.723. The van der Waals surface area contributed by atoms with Crippen LogP contribution in [0, 0.1) is 0 Å². The average molecular weight is 977 g/mol. The van der Waals surface area contributed by atoms with Gasteiger partial charge in [0, 0.05) is 87.4 Å². The lowest BCUT2D eigenvalue weighted by molar-refractivity contribution is 0.795. The number of aromatic nitrogens is 4. The largest absolute Gasteiger partial charge is 0.354 e. The molecule has 2 aliphatic rings. The van der Waals surface area contributed by atoms with Gasteiger partial charge >= 0.3 is 0 Å².